The maximum Gasteiger partial charge on any atom is 0.426 e. The van der Waals surface area contributed by atoms with Crippen LogP contribution < -0.4 is 0 Å². The topological polar surface area (TPSA) is 66.8 Å². The van der Waals surface area contributed by atoms with E-state index in [1.807, 2.05) is 0 Å². The second kappa shape index (κ2) is 6.39. The minimum atomic E-state index is -5.91. The molecule has 2 N–H and O–H groups in total. The molecule has 10 heteroatoms. The SMILES string of the molecule is CCC(C)(COCCC(O)(C(F)(F)F)C(F)(F)F)C(=O)O. The number of rotatable bonds is 7. The van der Waals surface area contributed by atoms with E-state index >= 15 is 0 Å². The summed E-state index contributed by atoms with van der Waals surface area (Å²) in [5.74, 6) is -1.29. The van der Waals surface area contributed by atoms with Crippen molar-refractivity contribution in [3.05, 3.63) is 0 Å². The van der Waals surface area contributed by atoms with E-state index in [1.54, 1.807) is 0 Å². The molecule has 4 nitrogen and oxygen atoms in total. The highest BCUT2D eigenvalue weighted by atomic mass is 19.4. The number of hydrogen-bond acceptors (Lipinski definition) is 3. The van der Waals surface area contributed by atoms with Crippen molar-refractivity contribution in [2.45, 2.75) is 44.6 Å². The van der Waals surface area contributed by atoms with E-state index in [0.717, 1.165) is 0 Å². The molecule has 0 aliphatic heterocycles. The number of halogens is 6. The van der Waals surface area contributed by atoms with Gasteiger partial charge in [-0.3, -0.25) is 4.79 Å². The highest BCUT2D eigenvalue weighted by Crippen LogP contribution is 2.45. The largest absolute Gasteiger partial charge is 0.481 e. The van der Waals surface area contributed by atoms with E-state index in [-0.39, 0.29) is 6.42 Å². The van der Waals surface area contributed by atoms with E-state index in [4.69, 9.17) is 10.2 Å². The predicted octanol–water partition coefficient (Wildman–Crippen LogP) is 2.75. The lowest BCUT2D eigenvalue weighted by atomic mass is 9.89. The Kier molecular flexibility index (Phi) is 6.07. The van der Waals surface area contributed by atoms with Crippen molar-refractivity contribution in [2.75, 3.05) is 13.2 Å². The number of aliphatic carboxylic acids is 1. The van der Waals surface area contributed by atoms with E-state index in [2.05, 4.69) is 4.74 Å². The fourth-order valence-corrected chi connectivity index (χ4v) is 1.28. The summed E-state index contributed by atoms with van der Waals surface area (Å²) in [6.07, 6.45) is -13.5. The van der Waals surface area contributed by atoms with Gasteiger partial charge in [0, 0.05) is 6.42 Å². The highest BCUT2D eigenvalue weighted by Gasteiger charge is 2.69. The number of ether oxygens (including phenoxy) is 1. The van der Waals surface area contributed by atoms with Gasteiger partial charge in [0.25, 0.3) is 5.60 Å². The van der Waals surface area contributed by atoms with Gasteiger partial charge in [0.1, 0.15) is 0 Å². The first-order chi connectivity index (χ1) is 9.21. The standard InChI is InChI=1S/C11H16F6O4/c1-3-8(2,7(18)19)6-21-5-4-9(20,10(12,13)14)11(15,16)17/h20H,3-6H2,1-2H3,(H,18,19). The van der Waals surface area contributed by atoms with Gasteiger partial charge in [0.05, 0.1) is 18.6 Å². The summed E-state index contributed by atoms with van der Waals surface area (Å²) in [6, 6.07) is 0. The minimum absolute atomic E-state index is 0.0745. The normalized spacial score (nSPS) is 16.6. The Morgan fingerprint density at radius 3 is 1.81 bits per heavy atom. The lowest BCUT2D eigenvalue weighted by Gasteiger charge is -2.32. The van der Waals surface area contributed by atoms with Crippen LogP contribution in [-0.4, -0.2) is 47.3 Å². The molecule has 0 heterocycles. The van der Waals surface area contributed by atoms with Gasteiger partial charge in [-0.1, -0.05) is 6.92 Å². The van der Waals surface area contributed by atoms with Crippen LogP contribution in [0.4, 0.5) is 26.3 Å². The summed E-state index contributed by atoms with van der Waals surface area (Å²) < 4.78 is 78.6. The molecule has 1 atom stereocenters. The van der Waals surface area contributed by atoms with E-state index in [1.165, 1.54) is 13.8 Å². The number of carbonyl (C=O) groups is 1. The van der Waals surface area contributed by atoms with Crippen molar-refractivity contribution in [3.63, 3.8) is 0 Å². The number of alkyl halides is 6. The summed E-state index contributed by atoms with van der Waals surface area (Å²) in [5, 5.41) is 17.7. The van der Waals surface area contributed by atoms with Crippen LogP contribution in [-0.2, 0) is 9.53 Å². The van der Waals surface area contributed by atoms with Crippen molar-refractivity contribution in [1.29, 1.82) is 0 Å². The van der Waals surface area contributed by atoms with Crippen molar-refractivity contribution in [1.82, 2.24) is 0 Å². The van der Waals surface area contributed by atoms with Gasteiger partial charge < -0.3 is 14.9 Å². The summed E-state index contributed by atoms with van der Waals surface area (Å²) in [6.45, 7) is 1.08. The van der Waals surface area contributed by atoms with Crippen molar-refractivity contribution < 1.29 is 46.1 Å². The predicted molar refractivity (Wildman–Crippen MR) is 58.5 cm³/mol. The molecule has 0 amide bonds. The first-order valence-electron chi connectivity index (χ1n) is 5.88. The molecule has 0 saturated carbocycles. The lowest BCUT2D eigenvalue weighted by molar-refractivity contribution is -0.371. The number of carboxylic acid groups (broad SMARTS) is 1. The van der Waals surface area contributed by atoms with Gasteiger partial charge in [0.15, 0.2) is 0 Å². The zero-order valence-electron chi connectivity index (χ0n) is 11.3. The third kappa shape index (κ3) is 4.47. The van der Waals surface area contributed by atoms with Gasteiger partial charge in [-0.25, -0.2) is 0 Å². The monoisotopic (exact) mass is 326 g/mol. The molecule has 0 rings (SSSR count). The molecule has 126 valence electrons. The molecule has 0 aromatic rings. The maximum atomic E-state index is 12.3. The average Bonchev–Trinajstić information content (AvgIpc) is 2.30. The molecule has 1 unspecified atom stereocenters. The van der Waals surface area contributed by atoms with Gasteiger partial charge in [-0.05, 0) is 13.3 Å². The number of aliphatic hydroxyl groups is 1. The van der Waals surface area contributed by atoms with Crippen molar-refractivity contribution in [2.24, 2.45) is 5.41 Å². The van der Waals surface area contributed by atoms with Gasteiger partial charge in [-0.2, -0.15) is 26.3 Å². The van der Waals surface area contributed by atoms with Crippen LogP contribution in [0, 0.1) is 5.41 Å². The summed E-state index contributed by atoms with van der Waals surface area (Å²) in [4.78, 5) is 10.9. The summed E-state index contributed by atoms with van der Waals surface area (Å²) >= 11 is 0. The fraction of sp³-hybridized carbons (Fsp3) is 0.909. The zero-order valence-corrected chi connectivity index (χ0v) is 11.3. The Balaban J connectivity index is 4.73. The maximum absolute atomic E-state index is 12.3. The Morgan fingerprint density at radius 1 is 1.10 bits per heavy atom. The molecule has 0 spiro atoms. The molecular formula is C11H16F6O4. The first kappa shape index (κ1) is 20.0. The Morgan fingerprint density at radius 2 is 1.52 bits per heavy atom. The fourth-order valence-electron chi connectivity index (χ4n) is 1.28. The summed E-state index contributed by atoms with van der Waals surface area (Å²) in [5.41, 5.74) is -6.31. The zero-order chi connectivity index (χ0) is 17.1. The van der Waals surface area contributed by atoms with Crippen LogP contribution >= 0.6 is 0 Å². The molecule has 0 fully saturated rings. The van der Waals surface area contributed by atoms with Crippen LogP contribution in [0.25, 0.3) is 0 Å². The third-order valence-electron chi connectivity index (χ3n) is 3.26. The van der Waals surface area contributed by atoms with Crippen LogP contribution in [0.3, 0.4) is 0 Å². The minimum Gasteiger partial charge on any atom is -0.481 e. The second-order valence-electron chi connectivity index (χ2n) is 4.88. The van der Waals surface area contributed by atoms with Gasteiger partial charge >= 0.3 is 18.3 Å². The van der Waals surface area contributed by atoms with E-state index in [9.17, 15) is 31.1 Å². The highest BCUT2D eigenvalue weighted by molar-refractivity contribution is 5.74. The lowest BCUT2D eigenvalue weighted by Crippen LogP contribution is -2.57. The molecule has 0 bridgehead atoms. The molecule has 0 saturated heterocycles. The Labute approximate surface area is 116 Å². The van der Waals surface area contributed by atoms with Gasteiger partial charge in [-0.15, -0.1) is 0 Å². The van der Waals surface area contributed by atoms with E-state index in [0.29, 0.717) is 0 Å². The molecule has 0 aromatic carbocycles. The van der Waals surface area contributed by atoms with Crippen molar-refractivity contribution in [3.8, 4) is 0 Å². The van der Waals surface area contributed by atoms with E-state index < -0.39 is 49.0 Å². The average molecular weight is 326 g/mol. The quantitative estimate of drug-likeness (QED) is 0.558. The molecular weight excluding hydrogens is 310 g/mol. The van der Waals surface area contributed by atoms with Crippen LogP contribution in [0.5, 0.6) is 0 Å². The van der Waals surface area contributed by atoms with Crippen LogP contribution in [0.1, 0.15) is 26.7 Å². The Hall–Kier alpha value is -1.03. The first-order valence-corrected chi connectivity index (χ1v) is 5.88. The van der Waals surface area contributed by atoms with Crippen molar-refractivity contribution >= 4 is 5.97 Å². The Bertz CT molecular complexity index is 351. The number of carboxylic acids is 1. The molecule has 0 radical (unpaired) electrons. The van der Waals surface area contributed by atoms with Crippen LogP contribution in [0.2, 0.25) is 0 Å². The third-order valence-corrected chi connectivity index (χ3v) is 3.26. The molecule has 21 heavy (non-hydrogen) atoms. The van der Waals surface area contributed by atoms with Crippen LogP contribution in [0.15, 0.2) is 0 Å². The second-order valence-corrected chi connectivity index (χ2v) is 4.88. The molecule has 0 aromatic heterocycles. The number of hydrogen-bond donors (Lipinski definition) is 2. The summed E-state index contributed by atoms with van der Waals surface area (Å²) in [7, 11) is 0. The molecule has 0 aliphatic rings. The smallest absolute Gasteiger partial charge is 0.426 e. The van der Waals surface area contributed by atoms with Gasteiger partial charge in [0.2, 0.25) is 0 Å². The molecule has 0 aliphatic carbocycles.